The molecule has 0 saturated carbocycles. The minimum atomic E-state index is -0.592. The van der Waals surface area contributed by atoms with Gasteiger partial charge in [0.2, 0.25) is 5.91 Å². The lowest BCUT2D eigenvalue weighted by Gasteiger charge is -2.19. The molecule has 114 valence electrons. The summed E-state index contributed by atoms with van der Waals surface area (Å²) in [5, 5.41) is 6.60. The molecule has 0 aromatic heterocycles. The Balaban J connectivity index is 2.21. The second-order valence-corrected chi connectivity index (χ2v) is 5.92. The smallest absolute Gasteiger partial charge is 0.343 e. The Hall–Kier alpha value is -1.24. The molecule has 1 heterocycles. The predicted octanol–water partition coefficient (Wildman–Crippen LogP) is 2.20. The van der Waals surface area contributed by atoms with Gasteiger partial charge in [-0.05, 0) is 19.8 Å². The largest absolute Gasteiger partial charge is 0.433 e. The minimum absolute atomic E-state index is 0.208. The van der Waals surface area contributed by atoms with Crippen molar-refractivity contribution in [2.75, 3.05) is 25.9 Å². The van der Waals surface area contributed by atoms with Gasteiger partial charge in [-0.15, -0.1) is 11.8 Å². The second-order valence-electron chi connectivity index (χ2n) is 4.63. The molecule has 20 heavy (non-hydrogen) atoms. The molecule has 0 unspecified atom stereocenters. The Morgan fingerprint density at radius 1 is 1.25 bits per heavy atom. The van der Waals surface area contributed by atoms with E-state index in [4.69, 9.17) is 0 Å². The number of likely N-dealkylation sites (tertiary alicyclic amines) is 1. The highest BCUT2D eigenvalue weighted by molar-refractivity contribution is 8.13. The Labute approximate surface area is 124 Å². The van der Waals surface area contributed by atoms with Crippen LogP contribution in [0.4, 0.5) is 4.79 Å². The summed E-state index contributed by atoms with van der Waals surface area (Å²) in [6.07, 6.45) is 4.57. The van der Waals surface area contributed by atoms with Crippen LogP contribution in [0.2, 0.25) is 0 Å². The van der Waals surface area contributed by atoms with Crippen molar-refractivity contribution in [3.8, 4) is 0 Å². The van der Waals surface area contributed by atoms with E-state index in [1.165, 1.54) is 31.7 Å². The second kappa shape index (κ2) is 9.63. The molecule has 0 spiro atoms. The molecular weight excluding hydrogens is 278 g/mol. The standard InChI is InChI=1S/C13H23N3O3S/c1-11(15-19-13(18)14-2)20-10-7-12(17)16-8-5-3-4-6-9-16/h3-10H2,1-2H3,(H,14,18). The summed E-state index contributed by atoms with van der Waals surface area (Å²) in [7, 11) is 1.47. The third-order valence-corrected chi connectivity index (χ3v) is 3.95. The first-order chi connectivity index (χ1) is 9.63. The van der Waals surface area contributed by atoms with Gasteiger partial charge >= 0.3 is 6.09 Å². The monoisotopic (exact) mass is 301 g/mol. The highest BCUT2D eigenvalue weighted by Crippen LogP contribution is 2.13. The fourth-order valence-corrected chi connectivity index (χ4v) is 2.60. The SMILES string of the molecule is CNC(=O)ON=C(C)SCCC(=O)N1CCCCCC1. The Bertz CT molecular complexity index is 353. The first-order valence-electron chi connectivity index (χ1n) is 6.97. The van der Waals surface area contributed by atoms with Gasteiger partial charge in [0.25, 0.3) is 0 Å². The van der Waals surface area contributed by atoms with Gasteiger partial charge in [-0.2, -0.15) is 0 Å². The number of hydrogen-bond acceptors (Lipinski definition) is 5. The Kier molecular flexibility index (Phi) is 8.10. The van der Waals surface area contributed by atoms with Crippen LogP contribution in [-0.2, 0) is 9.63 Å². The molecule has 0 bridgehead atoms. The first-order valence-corrected chi connectivity index (χ1v) is 7.96. The van der Waals surface area contributed by atoms with E-state index in [1.807, 2.05) is 4.90 Å². The van der Waals surface area contributed by atoms with Gasteiger partial charge in [-0.3, -0.25) is 9.63 Å². The quantitative estimate of drug-likeness (QED) is 0.374. The number of rotatable bonds is 4. The number of hydrogen-bond donors (Lipinski definition) is 1. The number of carbonyl (C=O) groups is 2. The summed E-state index contributed by atoms with van der Waals surface area (Å²) in [5.41, 5.74) is 0. The summed E-state index contributed by atoms with van der Waals surface area (Å²) in [6.45, 7) is 3.52. The fraction of sp³-hybridized carbons (Fsp3) is 0.769. The molecule has 7 heteroatoms. The normalized spacial score (nSPS) is 16.5. The maximum atomic E-state index is 12.0. The average Bonchev–Trinajstić information content (AvgIpc) is 2.73. The highest BCUT2D eigenvalue weighted by Gasteiger charge is 2.15. The van der Waals surface area contributed by atoms with Gasteiger partial charge in [0.05, 0.1) is 0 Å². The van der Waals surface area contributed by atoms with Crippen LogP contribution >= 0.6 is 11.8 Å². The Morgan fingerprint density at radius 3 is 2.50 bits per heavy atom. The lowest BCUT2D eigenvalue weighted by atomic mass is 10.2. The molecule has 1 fully saturated rings. The summed E-state index contributed by atoms with van der Waals surface area (Å²) in [4.78, 5) is 29.4. The topological polar surface area (TPSA) is 71.0 Å². The average molecular weight is 301 g/mol. The van der Waals surface area contributed by atoms with Gasteiger partial charge < -0.3 is 10.2 Å². The van der Waals surface area contributed by atoms with E-state index in [0.29, 0.717) is 17.2 Å². The van der Waals surface area contributed by atoms with Crippen molar-refractivity contribution in [3.05, 3.63) is 0 Å². The van der Waals surface area contributed by atoms with Gasteiger partial charge in [-0.25, -0.2) is 4.79 Å². The number of oxime groups is 1. The molecule has 2 amide bonds. The zero-order chi connectivity index (χ0) is 14.8. The molecule has 0 aromatic rings. The van der Waals surface area contributed by atoms with E-state index in [-0.39, 0.29) is 5.91 Å². The fourth-order valence-electron chi connectivity index (χ4n) is 1.94. The van der Waals surface area contributed by atoms with Crippen molar-refractivity contribution in [1.29, 1.82) is 0 Å². The van der Waals surface area contributed by atoms with Crippen molar-refractivity contribution in [2.24, 2.45) is 5.16 Å². The summed E-state index contributed by atoms with van der Waals surface area (Å²) < 4.78 is 0. The van der Waals surface area contributed by atoms with Crippen LogP contribution in [0.5, 0.6) is 0 Å². The van der Waals surface area contributed by atoms with Crippen LogP contribution in [0.1, 0.15) is 39.0 Å². The summed E-state index contributed by atoms with van der Waals surface area (Å²) in [5.74, 6) is 0.862. The molecule has 1 N–H and O–H groups in total. The number of thioether (sulfide) groups is 1. The number of nitrogens with zero attached hydrogens (tertiary/aromatic N) is 2. The van der Waals surface area contributed by atoms with Crippen molar-refractivity contribution in [1.82, 2.24) is 10.2 Å². The van der Waals surface area contributed by atoms with E-state index in [9.17, 15) is 9.59 Å². The van der Waals surface area contributed by atoms with E-state index in [2.05, 4.69) is 15.3 Å². The van der Waals surface area contributed by atoms with Crippen LogP contribution in [0.15, 0.2) is 5.16 Å². The molecular formula is C13H23N3O3S. The van der Waals surface area contributed by atoms with Gasteiger partial charge in [-0.1, -0.05) is 18.0 Å². The molecule has 0 atom stereocenters. The Morgan fingerprint density at radius 2 is 1.90 bits per heavy atom. The van der Waals surface area contributed by atoms with Crippen molar-refractivity contribution < 1.29 is 14.4 Å². The van der Waals surface area contributed by atoms with E-state index >= 15 is 0 Å². The van der Waals surface area contributed by atoms with Crippen LogP contribution in [-0.4, -0.2) is 47.8 Å². The summed E-state index contributed by atoms with van der Waals surface area (Å²) >= 11 is 1.42. The van der Waals surface area contributed by atoms with Crippen molar-refractivity contribution >= 4 is 28.8 Å². The van der Waals surface area contributed by atoms with Gasteiger partial charge in [0, 0.05) is 32.3 Å². The molecule has 6 nitrogen and oxygen atoms in total. The van der Waals surface area contributed by atoms with Gasteiger partial charge in [0.15, 0.2) is 0 Å². The maximum Gasteiger partial charge on any atom is 0.433 e. The van der Waals surface area contributed by atoms with Crippen LogP contribution < -0.4 is 5.32 Å². The minimum Gasteiger partial charge on any atom is -0.343 e. The molecule has 1 rings (SSSR count). The lowest BCUT2D eigenvalue weighted by molar-refractivity contribution is -0.130. The molecule has 0 aromatic carbocycles. The molecule has 0 aliphatic carbocycles. The first kappa shape index (κ1) is 16.8. The predicted molar refractivity (Wildman–Crippen MR) is 80.8 cm³/mol. The van der Waals surface area contributed by atoms with E-state index in [0.717, 1.165) is 25.9 Å². The van der Waals surface area contributed by atoms with Crippen LogP contribution in [0.25, 0.3) is 0 Å². The van der Waals surface area contributed by atoms with E-state index in [1.54, 1.807) is 6.92 Å². The molecule has 0 radical (unpaired) electrons. The number of carbonyl (C=O) groups excluding carboxylic acids is 2. The number of amides is 2. The molecule has 1 saturated heterocycles. The zero-order valence-electron chi connectivity index (χ0n) is 12.2. The van der Waals surface area contributed by atoms with Crippen LogP contribution in [0, 0.1) is 0 Å². The molecule has 1 aliphatic rings. The van der Waals surface area contributed by atoms with Crippen LogP contribution in [0.3, 0.4) is 0 Å². The van der Waals surface area contributed by atoms with Crippen molar-refractivity contribution in [2.45, 2.75) is 39.0 Å². The third kappa shape index (κ3) is 6.79. The summed E-state index contributed by atoms with van der Waals surface area (Å²) in [6, 6.07) is 0. The lowest BCUT2D eigenvalue weighted by Crippen LogP contribution is -2.32. The van der Waals surface area contributed by atoms with Gasteiger partial charge in [0.1, 0.15) is 5.04 Å². The maximum absolute atomic E-state index is 12.0. The zero-order valence-corrected chi connectivity index (χ0v) is 13.0. The van der Waals surface area contributed by atoms with Crippen molar-refractivity contribution in [3.63, 3.8) is 0 Å². The highest BCUT2D eigenvalue weighted by atomic mass is 32.2. The number of nitrogens with one attached hydrogen (secondary N) is 1. The van der Waals surface area contributed by atoms with E-state index < -0.39 is 6.09 Å². The third-order valence-electron chi connectivity index (χ3n) is 3.05. The molecule has 1 aliphatic heterocycles.